The molecule has 0 saturated heterocycles. The Morgan fingerprint density at radius 3 is 2.70 bits per heavy atom. The lowest BCUT2D eigenvalue weighted by atomic mass is 10.2. The van der Waals surface area contributed by atoms with Crippen LogP contribution in [-0.2, 0) is 0 Å². The van der Waals surface area contributed by atoms with Crippen molar-refractivity contribution in [2.24, 2.45) is 0 Å². The average Bonchev–Trinajstić information content (AvgIpc) is 3.02. The Kier molecular flexibility index (Phi) is 4.95. The standard InChI is InChI=1S/C18H24N4O/c1-13(2)23-16-10-6-5-9-15(16)21-18-19-12-11-17(22-18)20-14-7-3-4-8-14/h5-6,9-14H,3-4,7-8H2,1-2H3,(H2,19,20,21,22). The molecule has 122 valence electrons. The maximum Gasteiger partial charge on any atom is 0.229 e. The number of para-hydroxylation sites is 2. The Bertz CT molecular complexity index is 638. The molecule has 0 spiro atoms. The van der Waals surface area contributed by atoms with E-state index in [1.807, 2.05) is 44.2 Å². The fourth-order valence-electron chi connectivity index (χ4n) is 2.83. The smallest absolute Gasteiger partial charge is 0.229 e. The van der Waals surface area contributed by atoms with E-state index < -0.39 is 0 Å². The van der Waals surface area contributed by atoms with Gasteiger partial charge < -0.3 is 15.4 Å². The van der Waals surface area contributed by atoms with Crippen LogP contribution >= 0.6 is 0 Å². The van der Waals surface area contributed by atoms with E-state index in [9.17, 15) is 0 Å². The Morgan fingerprint density at radius 1 is 1.13 bits per heavy atom. The Labute approximate surface area is 137 Å². The summed E-state index contributed by atoms with van der Waals surface area (Å²) in [5, 5.41) is 6.75. The summed E-state index contributed by atoms with van der Waals surface area (Å²) in [5.41, 5.74) is 0.874. The van der Waals surface area contributed by atoms with Gasteiger partial charge in [0, 0.05) is 12.2 Å². The first-order chi connectivity index (χ1) is 11.2. The van der Waals surface area contributed by atoms with Gasteiger partial charge in [-0.3, -0.25) is 0 Å². The molecule has 1 aliphatic rings. The van der Waals surface area contributed by atoms with Crippen molar-refractivity contribution >= 4 is 17.5 Å². The van der Waals surface area contributed by atoms with Crippen LogP contribution < -0.4 is 15.4 Å². The summed E-state index contributed by atoms with van der Waals surface area (Å²) in [5.74, 6) is 2.25. The number of benzene rings is 1. The molecule has 0 radical (unpaired) electrons. The highest BCUT2D eigenvalue weighted by Gasteiger charge is 2.15. The molecular formula is C18H24N4O. The van der Waals surface area contributed by atoms with Gasteiger partial charge in [0.25, 0.3) is 0 Å². The molecule has 23 heavy (non-hydrogen) atoms. The molecule has 0 aliphatic heterocycles. The zero-order valence-corrected chi connectivity index (χ0v) is 13.7. The van der Waals surface area contributed by atoms with Crippen LogP contribution in [0.4, 0.5) is 17.5 Å². The summed E-state index contributed by atoms with van der Waals surface area (Å²) >= 11 is 0. The first-order valence-electron chi connectivity index (χ1n) is 8.33. The molecule has 1 saturated carbocycles. The summed E-state index contributed by atoms with van der Waals surface area (Å²) in [6, 6.07) is 10.3. The normalized spacial score (nSPS) is 14.9. The summed E-state index contributed by atoms with van der Waals surface area (Å²) in [6.45, 7) is 4.03. The van der Waals surface area contributed by atoms with Crippen LogP contribution in [0.3, 0.4) is 0 Å². The van der Waals surface area contributed by atoms with E-state index in [4.69, 9.17) is 4.74 Å². The third-order valence-electron chi connectivity index (χ3n) is 3.86. The second kappa shape index (κ2) is 7.31. The largest absolute Gasteiger partial charge is 0.489 e. The molecule has 1 aliphatic carbocycles. The van der Waals surface area contributed by atoms with E-state index in [1.54, 1.807) is 6.20 Å². The van der Waals surface area contributed by atoms with Gasteiger partial charge in [0.1, 0.15) is 11.6 Å². The topological polar surface area (TPSA) is 59.1 Å². The third-order valence-corrected chi connectivity index (χ3v) is 3.86. The zero-order chi connectivity index (χ0) is 16.1. The van der Waals surface area contributed by atoms with Gasteiger partial charge in [0.15, 0.2) is 0 Å². The van der Waals surface area contributed by atoms with Gasteiger partial charge in [-0.2, -0.15) is 4.98 Å². The fourth-order valence-corrected chi connectivity index (χ4v) is 2.83. The zero-order valence-electron chi connectivity index (χ0n) is 13.7. The minimum Gasteiger partial charge on any atom is -0.489 e. The maximum atomic E-state index is 5.82. The third kappa shape index (κ3) is 4.34. The van der Waals surface area contributed by atoms with Crippen molar-refractivity contribution < 1.29 is 4.74 Å². The van der Waals surface area contributed by atoms with E-state index in [1.165, 1.54) is 25.7 Å². The van der Waals surface area contributed by atoms with Crippen molar-refractivity contribution in [3.8, 4) is 5.75 Å². The number of aromatic nitrogens is 2. The van der Waals surface area contributed by atoms with Crippen LogP contribution in [0.15, 0.2) is 36.5 Å². The van der Waals surface area contributed by atoms with Crippen LogP contribution in [0.25, 0.3) is 0 Å². The molecule has 5 nitrogen and oxygen atoms in total. The SMILES string of the molecule is CC(C)Oc1ccccc1Nc1nccc(NC2CCCC2)n1. The van der Waals surface area contributed by atoms with E-state index in [0.717, 1.165) is 17.3 Å². The van der Waals surface area contributed by atoms with Crippen LogP contribution in [0.5, 0.6) is 5.75 Å². The number of ether oxygens (including phenoxy) is 1. The highest BCUT2D eigenvalue weighted by molar-refractivity contribution is 5.63. The van der Waals surface area contributed by atoms with Crippen LogP contribution in [0.1, 0.15) is 39.5 Å². The summed E-state index contributed by atoms with van der Waals surface area (Å²) < 4.78 is 5.82. The lowest BCUT2D eigenvalue weighted by Gasteiger charge is -2.16. The molecule has 1 aromatic heterocycles. The van der Waals surface area contributed by atoms with Gasteiger partial charge in [-0.05, 0) is 44.9 Å². The van der Waals surface area contributed by atoms with Gasteiger partial charge in [0.2, 0.25) is 5.95 Å². The first-order valence-corrected chi connectivity index (χ1v) is 8.33. The highest BCUT2D eigenvalue weighted by atomic mass is 16.5. The number of nitrogens with zero attached hydrogens (tertiary/aromatic N) is 2. The van der Waals surface area contributed by atoms with Crippen molar-refractivity contribution in [1.29, 1.82) is 0 Å². The van der Waals surface area contributed by atoms with E-state index >= 15 is 0 Å². The Balaban J connectivity index is 1.72. The number of anilines is 3. The monoisotopic (exact) mass is 312 g/mol. The van der Waals surface area contributed by atoms with Crippen LogP contribution in [0, 0.1) is 0 Å². The minimum absolute atomic E-state index is 0.120. The summed E-state index contributed by atoms with van der Waals surface area (Å²) in [4.78, 5) is 8.87. The lowest BCUT2D eigenvalue weighted by molar-refractivity contribution is 0.244. The maximum absolute atomic E-state index is 5.82. The number of rotatable bonds is 6. The van der Waals surface area contributed by atoms with Crippen molar-refractivity contribution in [2.45, 2.75) is 51.7 Å². The van der Waals surface area contributed by atoms with Gasteiger partial charge in [0.05, 0.1) is 11.8 Å². The quantitative estimate of drug-likeness (QED) is 0.830. The van der Waals surface area contributed by atoms with Crippen molar-refractivity contribution in [1.82, 2.24) is 9.97 Å². The first kappa shape index (κ1) is 15.6. The number of nitrogens with one attached hydrogen (secondary N) is 2. The van der Waals surface area contributed by atoms with Crippen molar-refractivity contribution in [3.05, 3.63) is 36.5 Å². The van der Waals surface area contributed by atoms with Crippen molar-refractivity contribution in [3.63, 3.8) is 0 Å². The Morgan fingerprint density at radius 2 is 1.91 bits per heavy atom. The molecule has 0 bridgehead atoms. The molecule has 2 N–H and O–H groups in total. The minimum atomic E-state index is 0.120. The molecule has 0 amide bonds. The summed E-state index contributed by atoms with van der Waals surface area (Å²) in [6.07, 6.45) is 6.93. The summed E-state index contributed by atoms with van der Waals surface area (Å²) in [7, 11) is 0. The molecule has 0 atom stereocenters. The van der Waals surface area contributed by atoms with Crippen LogP contribution in [-0.4, -0.2) is 22.1 Å². The average molecular weight is 312 g/mol. The molecule has 5 heteroatoms. The highest BCUT2D eigenvalue weighted by Crippen LogP contribution is 2.27. The van der Waals surface area contributed by atoms with Gasteiger partial charge >= 0.3 is 0 Å². The molecule has 3 rings (SSSR count). The number of hydrogen-bond acceptors (Lipinski definition) is 5. The fraction of sp³-hybridized carbons (Fsp3) is 0.444. The Hall–Kier alpha value is -2.30. The number of hydrogen-bond donors (Lipinski definition) is 2. The molecular weight excluding hydrogens is 288 g/mol. The molecule has 0 unspecified atom stereocenters. The lowest BCUT2D eigenvalue weighted by Crippen LogP contribution is -2.16. The molecule has 1 fully saturated rings. The van der Waals surface area contributed by atoms with Crippen LogP contribution in [0.2, 0.25) is 0 Å². The molecule has 1 aromatic carbocycles. The van der Waals surface area contributed by atoms with Gasteiger partial charge in [-0.15, -0.1) is 0 Å². The predicted molar refractivity (Wildman–Crippen MR) is 93.4 cm³/mol. The molecule has 1 heterocycles. The van der Waals surface area contributed by atoms with E-state index in [0.29, 0.717) is 12.0 Å². The van der Waals surface area contributed by atoms with Gasteiger partial charge in [-0.25, -0.2) is 4.98 Å². The molecule has 2 aromatic rings. The van der Waals surface area contributed by atoms with E-state index in [-0.39, 0.29) is 6.10 Å². The van der Waals surface area contributed by atoms with Gasteiger partial charge in [-0.1, -0.05) is 25.0 Å². The van der Waals surface area contributed by atoms with Crippen molar-refractivity contribution in [2.75, 3.05) is 10.6 Å². The van der Waals surface area contributed by atoms with E-state index in [2.05, 4.69) is 20.6 Å². The second-order valence-corrected chi connectivity index (χ2v) is 6.18. The second-order valence-electron chi connectivity index (χ2n) is 6.18. The predicted octanol–water partition coefficient (Wildman–Crippen LogP) is 4.36.